The van der Waals surface area contributed by atoms with Gasteiger partial charge < -0.3 is 25.2 Å². The number of aliphatic carboxylic acids is 1. The molecule has 0 bridgehead atoms. The minimum atomic E-state index is -1.78. The third-order valence-electron chi connectivity index (χ3n) is 3.01. The number of aliphatic hydroxyl groups is 1. The second-order valence-corrected chi connectivity index (χ2v) is 6.39. The molecule has 2 atom stereocenters. The minimum absolute atomic E-state index is 0.469. The molecule has 0 radical (unpaired) electrons. The van der Waals surface area contributed by atoms with Crippen LogP contribution in [0, 0.1) is 0 Å². The van der Waals surface area contributed by atoms with E-state index >= 15 is 0 Å². The molecule has 1 rings (SSSR count). The molecule has 1 aromatic carbocycles. The topological polar surface area (TPSA) is 99.1 Å². The summed E-state index contributed by atoms with van der Waals surface area (Å²) in [7, 11) is 3.75. The SMILES string of the molecule is CN(C)c1ccc([C@H](NC(=O)OC(C)(C)C)[C@@H](O)C(=O)O)cc1. The van der Waals surface area contributed by atoms with Crippen molar-refractivity contribution in [2.75, 3.05) is 19.0 Å². The van der Waals surface area contributed by atoms with Gasteiger partial charge in [0.2, 0.25) is 0 Å². The lowest BCUT2D eigenvalue weighted by Gasteiger charge is -2.25. The Labute approximate surface area is 135 Å². The third-order valence-corrected chi connectivity index (χ3v) is 3.01. The van der Waals surface area contributed by atoms with E-state index in [1.54, 1.807) is 45.0 Å². The fourth-order valence-electron chi connectivity index (χ4n) is 1.90. The molecule has 0 saturated heterocycles. The molecule has 7 nitrogen and oxygen atoms in total. The Balaban J connectivity index is 3.01. The molecule has 0 aromatic heterocycles. The first kappa shape index (κ1) is 18.8. The third kappa shape index (κ3) is 5.78. The van der Waals surface area contributed by atoms with Crippen molar-refractivity contribution in [3.63, 3.8) is 0 Å². The van der Waals surface area contributed by atoms with Gasteiger partial charge in [0.15, 0.2) is 6.10 Å². The van der Waals surface area contributed by atoms with Crippen LogP contribution in [0.5, 0.6) is 0 Å². The number of carbonyl (C=O) groups is 2. The van der Waals surface area contributed by atoms with Gasteiger partial charge in [-0.3, -0.25) is 0 Å². The average molecular weight is 324 g/mol. The van der Waals surface area contributed by atoms with E-state index in [0.29, 0.717) is 5.56 Å². The van der Waals surface area contributed by atoms with Crippen LogP contribution in [0.1, 0.15) is 32.4 Å². The standard InChI is InChI=1S/C16H24N2O5/c1-16(2,3)23-15(22)17-12(13(19)14(20)21)10-6-8-11(9-7-10)18(4)5/h6-9,12-13,19H,1-5H3,(H,17,22)(H,20,21)/t12-,13+/m0/s1. The zero-order valence-corrected chi connectivity index (χ0v) is 14.0. The molecular weight excluding hydrogens is 300 g/mol. The van der Waals surface area contributed by atoms with Crippen molar-refractivity contribution >= 4 is 17.7 Å². The maximum absolute atomic E-state index is 11.9. The molecule has 3 N–H and O–H groups in total. The van der Waals surface area contributed by atoms with Crippen molar-refractivity contribution in [3.8, 4) is 0 Å². The summed E-state index contributed by atoms with van der Waals surface area (Å²) in [5, 5.41) is 21.4. The normalized spacial score (nSPS) is 13.8. The number of amides is 1. The smallest absolute Gasteiger partial charge is 0.408 e. The number of benzene rings is 1. The van der Waals surface area contributed by atoms with Gasteiger partial charge in [-0.25, -0.2) is 9.59 Å². The first-order valence-electron chi connectivity index (χ1n) is 7.19. The highest BCUT2D eigenvalue weighted by molar-refractivity contribution is 5.76. The predicted molar refractivity (Wildman–Crippen MR) is 86.5 cm³/mol. The molecule has 0 saturated carbocycles. The Kier molecular flexibility index (Phi) is 5.98. The highest BCUT2D eigenvalue weighted by atomic mass is 16.6. The molecule has 0 aliphatic heterocycles. The monoisotopic (exact) mass is 324 g/mol. The van der Waals surface area contributed by atoms with Crippen molar-refractivity contribution < 1.29 is 24.5 Å². The van der Waals surface area contributed by atoms with Crippen molar-refractivity contribution in [1.29, 1.82) is 0 Å². The van der Waals surface area contributed by atoms with Crippen LogP contribution < -0.4 is 10.2 Å². The van der Waals surface area contributed by atoms with Gasteiger partial charge >= 0.3 is 12.1 Å². The van der Waals surface area contributed by atoms with Crippen LogP contribution in [-0.4, -0.2) is 48.1 Å². The van der Waals surface area contributed by atoms with Crippen LogP contribution in [-0.2, 0) is 9.53 Å². The van der Waals surface area contributed by atoms with Gasteiger partial charge in [0.05, 0.1) is 6.04 Å². The zero-order chi connectivity index (χ0) is 17.8. The number of carbonyl (C=O) groups excluding carboxylic acids is 1. The average Bonchev–Trinajstić information content (AvgIpc) is 2.42. The van der Waals surface area contributed by atoms with Gasteiger partial charge in [0.25, 0.3) is 0 Å². The number of hydrogen-bond donors (Lipinski definition) is 3. The van der Waals surface area contributed by atoms with Crippen LogP contribution in [0.2, 0.25) is 0 Å². The first-order chi connectivity index (χ1) is 10.5. The van der Waals surface area contributed by atoms with Crippen molar-refractivity contribution in [3.05, 3.63) is 29.8 Å². The number of ether oxygens (including phenoxy) is 1. The van der Waals surface area contributed by atoms with Gasteiger partial charge in [-0.15, -0.1) is 0 Å². The number of hydrogen-bond acceptors (Lipinski definition) is 5. The number of nitrogens with one attached hydrogen (secondary N) is 1. The van der Waals surface area contributed by atoms with Crippen LogP contribution in [0.15, 0.2) is 24.3 Å². The van der Waals surface area contributed by atoms with E-state index in [2.05, 4.69) is 5.32 Å². The predicted octanol–water partition coefficient (Wildman–Crippen LogP) is 1.76. The molecule has 0 aliphatic carbocycles. The minimum Gasteiger partial charge on any atom is -0.479 e. The number of anilines is 1. The van der Waals surface area contributed by atoms with E-state index in [1.807, 2.05) is 19.0 Å². The fourth-order valence-corrected chi connectivity index (χ4v) is 1.90. The van der Waals surface area contributed by atoms with Crippen LogP contribution in [0.4, 0.5) is 10.5 Å². The van der Waals surface area contributed by atoms with Gasteiger partial charge in [-0.2, -0.15) is 0 Å². The molecule has 0 spiro atoms. The van der Waals surface area contributed by atoms with Crippen molar-refractivity contribution in [2.24, 2.45) is 0 Å². The summed E-state index contributed by atoms with van der Waals surface area (Å²) in [6, 6.07) is 5.74. The van der Waals surface area contributed by atoms with E-state index in [4.69, 9.17) is 9.84 Å². The summed E-state index contributed by atoms with van der Waals surface area (Å²) in [6.45, 7) is 5.09. The van der Waals surface area contributed by atoms with E-state index < -0.39 is 29.8 Å². The highest BCUT2D eigenvalue weighted by Gasteiger charge is 2.30. The van der Waals surface area contributed by atoms with Crippen molar-refractivity contribution in [1.82, 2.24) is 5.32 Å². The molecule has 23 heavy (non-hydrogen) atoms. The molecule has 0 fully saturated rings. The van der Waals surface area contributed by atoms with Gasteiger partial charge in [0, 0.05) is 19.8 Å². The molecule has 1 aromatic rings. The van der Waals surface area contributed by atoms with Gasteiger partial charge in [0.1, 0.15) is 5.60 Å². The Bertz CT molecular complexity index is 549. The van der Waals surface area contributed by atoms with Crippen LogP contribution in [0.3, 0.4) is 0 Å². The molecule has 128 valence electrons. The quantitative estimate of drug-likeness (QED) is 0.763. The number of carboxylic acids is 1. The molecular formula is C16H24N2O5. The number of rotatable bonds is 5. The Morgan fingerprint density at radius 3 is 2.09 bits per heavy atom. The van der Waals surface area contributed by atoms with E-state index in [9.17, 15) is 14.7 Å². The summed E-state index contributed by atoms with van der Waals surface area (Å²) < 4.78 is 5.12. The highest BCUT2D eigenvalue weighted by Crippen LogP contribution is 2.22. The summed E-state index contributed by atoms with van der Waals surface area (Å²) in [6.07, 6.45) is -2.58. The summed E-state index contributed by atoms with van der Waals surface area (Å²) in [5.41, 5.74) is 0.656. The summed E-state index contributed by atoms with van der Waals surface area (Å²) in [4.78, 5) is 24.9. The molecule has 0 aliphatic rings. The number of aliphatic hydroxyl groups excluding tert-OH is 1. The summed E-state index contributed by atoms with van der Waals surface area (Å²) >= 11 is 0. The number of alkyl carbamates (subject to hydrolysis) is 1. The van der Waals surface area contributed by atoms with Crippen molar-refractivity contribution in [2.45, 2.75) is 38.5 Å². The number of carboxylic acid groups (broad SMARTS) is 1. The maximum Gasteiger partial charge on any atom is 0.408 e. The van der Waals surface area contributed by atoms with Gasteiger partial charge in [-0.1, -0.05) is 12.1 Å². The molecule has 7 heteroatoms. The number of nitrogens with zero attached hydrogens (tertiary/aromatic N) is 1. The largest absolute Gasteiger partial charge is 0.479 e. The Morgan fingerprint density at radius 2 is 1.70 bits per heavy atom. The lowest BCUT2D eigenvalue weighted by atomic mass is 10.0. The van der Waals surface area contributed by atoms with E-state index in [0.717, 1.165) is 5.69 Å². The fraction of sp³-hybridized carbons (Fsp3) is 0.500. The molecule has 0 unspecified atom stereocenters. The van der Waals surface area contributed by atoms with Gasteiger partial charge in [-0.05, 0) is 38.5 Å². The Morgan fingerprint density at radius 1 is 1.17 bits per heavy atom. The van der Waals surface area contributed by atoms with Crippen LogP contribution >= 0.6 is 0 Å². The molecule has 0 heterocycles. The van der Waals surface area contributed by atoms with E-state index in [-0.39, 0.29) is 0 Å². The van der Waals surface area contributed by atoms with E-state index in [1.165, 1.54) is 0 Å². The first-order valence-corrected chi connectivity index (χ1v) is 7.19. The molecule has 1 amide bonds. The van der Waals surface area contributed by atoms with Crippen LogP contribution in [0.25, 0.3) is 0 Å². The second kappa shape index (κ2) is 7.32. The second-order valence-electron chi connectivity index (χ2n) is 6.39. The summed E-state index contributed by atoms with van der Waals surface area (Å²) in [5.74, 6) is -1.43. The lowest BCUT2D eigenvalue weighted by Crippen LogP contribution is -2.42. The maximum atomic E-state index is 11.9. The zero-order valence-electron chi connectivity index (χ0n) is 14.0. The Hall–Kier alpha value is -2.28. The lowest BCUT2D eigenvalue weighted by molar-refractivity contribution is -0.148.